The molecule has 6 N–H and O–H groups in total. The van der Waals surface area contributed by atoms with Gasteiger partial charge in [-0.05, 0) is 6.92 Å². The third-order valence-electron chi connectivity index (χ3n) is 2.82. The molecule has 1 rings (SSSR count). The van der Waals surface area contributed by atoms with Gasteiger partial charge in [-0.3, -0.25) is 0 Å². The van der Waals surface area contributed by atoms with Gasteiger partial charge in [-0.2, -0.15) is 0 Å². The maximum atomic E-state index is 10.5. The van der Waals surface area contributed by atoms with E-state index in [1.54, 1.807) is 0 Å². The molecule has 0 saturated carbocycles. The second kappa shape index (κ2) is 5.25. The maximum Gasteiger partial charge on any atom is 0.245 e. The second-order valence-electron chi connectivity index (χ2n) is 4.21. The minimum Gasteiger partial charge on any atom is -0.544 e. The highest BCUT2D eigenvalue weighted by Crippen LogP contribution is 2.22. The minimum atomic E-state index is -2.09. The molecule has 0 aliphatic carbocycles. The number of aliphatic hydroxyl groups is 4. The number of carboxylic acids is 1. The summed E-state index contributed by atoms with van der Waals surface area (Å²) < 4.78 is 4.84. The van der Waals surface area contributed by atoms with E-state index in [0.717, 1.165) is 0 Å². The van der Waals surface area contributed by atoms with Crippen LogP contribution in [0.3, 0.4) is 0 Å². The molecule has 0 bridgehead atoms. The molecule has 100 valence electrons. The molecule has 0 aromatic heterocycles. The van der Waals surface area contributed by atoms with E-state index in [4.69, 9.17) is 4.74 Å². The fourth-order valence-electron chi connectivity index (χ4n) is 1.51. The van der Waals surface area contributed by atoms with E-state index in [1.165, 1.54) is 12.2 Å². The van der Waals surface area contributed by atoms with Crippen LogP contribution in [0.5, 0.6) is 0 Å². The minimum absolute atomic E-state index is 0.299. The number of ether oxygens (including phenoxy) is 1. The third-order valence-corrected chi connectivity index (χ3v) is 2.82. The fourth-order valence-corrected chi connectivity index (χ4v) is 1.51. The van der Waals surface area contributed by atoms with Gasteiger partial charge < -0.3 is 40.4 Å². The summed E-state index contributed by atoms with van der Waals surface area (Å²) in [6.45, 7) is 0.703. The van der Waals surface area contributed by atoms with Gasteiger partial charge in [0.15, 0.2) is 0 Å². The van der Waals surface area contributed by atoms with Crippen molar-refractivity contribution in [1.82, 2.24) is 0 Å². The van der Waals surface area contributed by atoms with E-state index in [1.807, 2.05) is 0 Å². The van der Waals surface area contributed by atoms with E-state index in [9.17, 15) is 30.3 Å². The quantitative estimate of drug-likeness (QED) is 0.335. The molecule has 1 saturated heterocycles. The fraction of sp³-hybridized carbons (Fsp3) is 0.889. The van der Waals surface area contributed by atoms with Crippen LogP contribution in [0.25, 0.3) is 0 Å². The molecule has 1 aliphatic rings. The topological polar surface area (TPSA) is 147 Å². The Morgan fingerprint density at radius 1 is 1.59 bits per heavy atom. The first-order valence-electron chi connectivity index (χ1n) is 5.22. The van der Waals surface area contributed by atoms with E-state index < -0.39 is 36.1 Å². The molecule has 1 heterocycles. The Kier molecular flexibility index (Phi) is 4.42. The summed E-state index contributed by atoms with van der Waals surface area (Å²) in [6, 6.07) is -0.932. The van der Waals surface area contributed by atoms with Crippen LogP contribution in [0, 0.1) is 0 Å². The molecule has 0 aromatic rings. The number of carboxylic acid groups (broad SMARTS) is 1. The van der Waals surface area contributed by atoms with Crippen molar-refractivity contribution in [2.45, 2.75) is 37.1 Å². The molecule has 1 aliphatic heterocycles. The average molecular weight is 251 g/mol. The molecule has 0 aromatic carbocycles. The van der Waals surface area contributed by atoms with Gasteiger partial charge in [-0.25, -0.2) is 0 Å². The monoisotopic (exact) mass is 251 g/mol. The number of aliphatic hydroxyl groups excluding tert-OH is 3. The van der Waals surface area contributed by atoms with E-state index >= 15 is 0 Å². The van der Waals surface area contributed by atoms with Crippen molar-refractivity contribution in [2.24, 2.45) is 0 Å². The Morgan fingerprint density at radius 2 is 2.18 bits per heavy atom. The standard InChI is InChI=1S/C9H17NO7/c1-4(8(14)15)10-3-9(16)7(13)6(12)5(11)2-17-9/h4-7,10-13,16H,2-3H2,1H3,(H,14,15)/t4-,5+,6+,7-,9+/m0/s1. The summed E-state index contributed by atoms with van der Waals surface area (Å²) in [5, 5.41) is 49.6. The largest absolute Gasteiger partial charge is 0.544 e. The second-order valence-corrected chi connectivity index (χ2v) is 4.21. The van der Waals surface area contributed by atoms with Gasteiger partial charge in [0.05, 0.1) is 12.6 Å². The molecular weight excluding hydrogens is 234 g/mol. The number of rotatable bonds is 4. The van der Waals surface area contributed by atoms with Crippen molar-refractivity contribution in [1.29, 1.82) is 0 Å². The lowest BCUT2D eigenvalue weighted by Crippen LogP contribution is -2.96. The zero-order valence-corrected chi connectivity index (χ0v) is 9.31. The molecule has 0 unspecified atom stereocenters. The van der Waals surface area contributed by atoms with Crippen molar-refractivity contribution < 1.29 is 40.4 Å². The molecule has 0 spiro atoms. The number of hydrogen-bond donors (Lipinski definition) is 5. The predicted octanol–water partition coefficient (Wildman–Crippen LogP) is -5.51. The summed E-state index contributed by atoms with van der Waals surface area (Å²) in [7, 11) is 0. The van der Waals surface area contributed by atoms with Gasteiger partial charge in [0.1, 0.15) is 30.9 Å². The highest BCUT2D eigenvalue weighted by Gasteiger charge is 2.50. The summed E-state index contributed by atoms with van der Waals surface area (Å²) in [4.78, 5) is 10.5. The number of carbonyl (C=O) groups is 1. The Labute approximate surface area is 97.4 Å². The van der Waals surface area contributed by atoms with Crippen LogP contribution in [-0.4, -0.2) is 69.7 Å². The maximum absolute atomic E-state index is 10.5. The molecular formula is C9H17NO7. The first-order chi connectivity index (χ1) is 7.78. The van der Waals surface area contributed by atoms with Gasteiger partial charge in [-0.15, -0.1) is 0 Å². The normalized spacial score (nSPS) is 39.9. The van der Waals surface area contributed by atoms with Crippen LogP contribution >= 0.6 is 0 Å². The first kappa shape index (κ1) is 14.3. The van der Waals surface area contributed by atoms with Crippen LogP contribution in [0.2, 0.25) is 0 Å². The average Bonchev–Trinajstić information content (AvgIpc) is 2.29. The van der Waals surface area contributed by atoms with E-state index in [-0.39, 0.29) is 13.2 Å². The van der Waals surface area contributed by atoms with Crippen molar-refractivity contribution in [3.63, 3.8) is 0 Å². The zero-order chi connectivity index (χ0) is 13.2. The number of nitrogens with two attached hydrogens (primary N) is 1. The number of carbonyl (C=O) groups excluding carboxylic acids is 1. The Morgan fingerprint density at radius 3 is 2.71 bits per heavy atom. The van der Waals surface area contributed by atoms with Crippen LogP contribution in [0.4, 0.5) is 0 Å². The van der Waals surface area contributed by atoms with Crippen LogP contribution in [0.1, 0.15) is 6.92 Å². The van der Waals surface area contributed by atoms with Crippen molar-refractivity contribution in [3.05, 3.63) is 0 Å². The molecule has 0 amide bonds. The van der Waals surface area contributed by atoms with Crippen molar-refractivity contribution in [2.75, 3.05) is 13.2 Å². The molecule has 8 heteroatoms. The predicted molar refractivity (Wildman–Crippen MR) is 50.2 cm³/mol. The summed E-state index contributed by atoms with van der Waals surface area (Å²) in [5.41, 5.74) is 0. The van der Waals surface area contributed by atoms with Crippen LogP contribution < -0.4 is 10.4 Å². The van der Waals surface area contributed by atoms with E-state index in [0.29, 0.717) is 0 Å². The zero-order valence-electron chi connectivity index (χ0n) is 9.31. The SMILES string of the molecule is C[C@H]([NH2+]C[C@@]1(O)OC[C@@H](O)[C@@H](O)[C@@H]1O)C(=O)[O-]. The molecule has 0 radical (unpaired) electrons. The van der Waals surface area contributed by atoms with Gasteiger partial charge in [0, 0.05) is 0 Å². The van der Waals surface area contributed by atoms with Gasteiger partial charge in [0.25, 0.3) is 0 Å². The Balaban J connectivity index is 2.59. The Hall–Kier alpha value is -0.770. The molecule has 1 fully saturated rings. The molecule has 17 heavy (non-hydrogen) atoms. The highest BCUT2D eigenvalue weighted by molar-refractivity contribution is 5.68. The van der Waals surface area contributed by atoms with Crippen LogP contribution in [0.15, 0.2) is 0 Å². The lowest BCUT2D eigenvalue weighted by Gasteiger charge is -2.40. The summed E-state index contributed by atoms with van der Waals surface area (Å²) in [6.07, 6.45) is -4.54. The number of quaternary nitrogens is 1. The van der Waals surface area contributed by atoms with Gasteiger partial charge >= 0.3 is 0 Å². The molecule has 5 atom stereocenters. The summed E-state index contributed by atoms with van der Waals surface area (Å²) >= 11 is 0. The lowest BCUT2D eigenvalue weighted by atomic mass is 9.96. The third kappa shape index (κ3) is 3.12. The van der Waals surface area contributed by atoms with Crippen LogP contribution in [-0.2, 0) is 9.53 Å². The smallest absolute Gasteiger partial charge is 0.245 e. The molecule has 8 nitrogen and oxygen atoms in total. The van der Waals surface area contributed by atoms with Crippen molar-refractivity contribution >= 4 is 5.97 Å². The van der Waals surface area contributed by atoms with Gasteiger partial charge in [-0.1, -0.05) is 0 Å². The van der Waals surface area contributed by atoms with E-state index in [2.05, 4.69) is 0 Å². The number of hydrogen-bond acceptors (Lipinski definition) is 7. The first-order valence-corrected chi connectivity index (χ1v) is 5.22. The van der Waals surface area contributed by atoms with Gasteiger partial charge in [0.2, 0.25) is 5.79 Å². The number of aliphatic carboxylic acids is 1. The van der Waals surface area contributed by atoms with Crippen molar-refractivity contribution in [3.8, 4) is 0 Å². The Bertz CT molecular complexity index is 287. The summed E-state index contributed by atoms with van der Waals surface area (Å²) in [5.74, 6) is -3.41. The lowest BCUT2D eigenvalue weighted by molar-refractivity contribution is -0.703. The highest BCUT2D eigenvalue weighted by atomic mass is 16.6.